The monoisotopic (exact) mass is 342 g/mol. The zero-order valence-corrected chi connectivity index (χ0v) is 13.7. The van der Waals surface area contributed by atoms with E-state index in [1.165, 1.54) is 6.07 Å². The maximum Gasteiger partial charge on any atom is 0.272 e. The zero-order valence-electron chi connectivity index (χ0n) is 13.7. The van der Waals surface area contributed by atoms with Crippen molar-refractivity contribution in [2.24, 2.45) is 0 Å². The number of H-pyrrole nitrogens is 1. The molecule has 7 heteroatoms. The Balaban J connectivity index is 1.48. The van der Waals surface area contributed by atoms with Gasteiger partial charge in [0.25, 0.3) is 5.91 Å². The normalized spacial score (nSPS) is 16.4. The van der Waals surface area contributed by atoms with Crippen LogP contribution in [0, 0.1) is 5.82 Å². The van der Waals surface area contributed by atoms with Crippen LogP contribution in [-0.4, -0.2) is 39.5 Å². The third-order valence-electron chi connectivity index (χ3n) is 4.71. The lowest BCUT2D eigenvalue weighted by Crippen LogP contribution is -2.38. The first kappa shape index (κ1) is 15.8. The molecule has 1 aromatic heterocycles. The van der Waals surface area contributed by atoms with Crippen LogP contribution in [0.2, 0.25) is 0 Å². The van der Waals surface area contributed by atoms with Crippen LogP contribution < -0.4 is 5.32 Å². The second-order valence-corrected chi connectivity index (χ2v) is 6.61. The van der Waals surface area contributed by atoms with E-state index < -0.39 is 0 Å². The highest BCUT2D eigenvalue weighted by Crippen LogP contribution is 2.23. The molecule has 0 bridgehead atoms. The number of nitrogens with one attached hydrogen (secondary N) is 2. The van der Waals surface area contributed by atoms with E-state index in [1.54, 1.807) is 23.1 Å². The fourth-order valence-electron chi connectivity index (χ4n) is 3.09. The van der Waals surface area contributed by atoms with Crippen molar-refractivity contribution < 1.29 is 14.0 Å². The molecule has 130 valence electrons. The summed E-state index contributed by atoms with van der Waals surface area (Å²) in [6.07, 6.45) is 2.64. The lowest BCUT2D eigenvalue weighted by molar-refractivity contribution is -0.131. The molecule has 25 heavy (non-hydrogen) atoms. The first-order valence-electron chi connectivity index (χ1n) is 8.50. The van der Waals surface area contributed by atoms with Gasteiger partial charge in [0.2, 0.25) is 5.91 Å². The zero-order chi connectivity index (χ0) is 17.4. The minimum absolute atomic E-state index is 0.0173. The smallest absolute Gasteiger partial charge is 0.272 e. The number of hydrogen-bond acceptors (Lipinski definition) is 3. The minimum atomic E-state index is -0.374. The first-order valence-corrected chi connectivity index (χ1v) is 8.50. The van der Waals surface area contributed by atoms with Crippen LogP contribution in [0.4, 0.5) is 4.39 Å². The Morgan fingerprint density at radius 1 is 1.32 bits per heavy atom. The second kappa shape index (κ2) is 6.31. The number of amides is 2. The second-order valence-electron chi connectivity index (χ2n) is 6.61. The van der Waals surface area contributed by atoms with Gasteiger partial charge in [0.1, 0.15) is 5.82 Å². The Morgan fingerprint density at radius 3 is 2.88 bits per heavy atom. The van der Waals surface area contributed by atoms with Crippen molar-refractivity contribution in [3.05, 3.63) is 52.6 Å². The first-order chi connectivity index (χ1) is 12.1. The molecule has 2 aromatic rings. The summed E-state index contributed by atoms with van der Waals surface area (Å²) in [5.41, 5.74) is 2.42. The van der Waals surface area contributed by atoms with Crippen LogP contribution in [0.25, 0.3) is 0 Å². The van der Waals surface area contributed by atoms with Gasteiger partial charge in [-0.15, -0.1) is 0 Å². The number of aromatic nitrogens is 2. The average molecular weight is 342 g/mol. The number of rotatable bonds is 4. The molecule has 1 saturated carbocycles. The molecule has 2 heterocycles. The quantitative estimate of drug-likeness (QED) is 0.885. The Morgan fingerprint density at radius 2 is 2.12 bits per heavy atom. The summed E-state index contributed by atoms with van der Waals surface area (Å²) < 4.78 is 13.8. The van der Waals surface area contributed by atoms with E-state index in [0.29, 0.717) is 30.8 Å². The predicted octanol–water partition coefficient (Wildman–Crippen LogP) is 1.57. The van der Waals surface area contributed by atoms with Crippen molar-refractivity contribution in [2.45, 2.75) is 38.3 Å². The molecule has 2 N–H and O–H groups in total. The van der Waals surface area contributed by atoms with Crippen molar-refractivity contribution >= 4 is 11.8 Å². The van der Waals surface area contributed by atoms with Gasteiger partial charge in [-0.1, -0.05) is 18.2 Å². The summed E-state index contributed by atoms with van der Waals surface area (Å²) in [7, 11) is 0. The van der Waals surface area contributed by atoms with Crippen LogP contribution in [0.3, 0.4) is 0 Å². The molecule has 2 aliphatic rings. The lowest BCUT2D eigenvalue weighted by atomic mass is 10.0. The van der Waals surface area contributed by atoms with Crippen molar-refractivity contribution in [1.29, 1.82) is 0 Å². The van der Waals surface area contributed by atoms with Gasteiger partial charge in [0.05, 0.1) is 6.42 Å². The molecule has 0 radical (unpaired) electrons. The van der Waals surface area contributed by atoms with Crippen LogP contribution in [0.15, 0.2) is 24.3 Å². The van der Waals surface area contributed by atoms with Crippen molar-refractivity contribution in [1.82, 2.24) is 20.4 Å². The molecule has 4 rings (SSSR count). The standard InChI is InChI=1S/C18H19FN4O2/c19-14-4-2-1-3-11(14)9-16(24)23-8-7-15-13(10-23)17(22-21-15)18(25)20-12-5-6-12/h1-4,12H,5-10H2,(H,20,25)(H,21,22). The summed E-state index contributed by atoms with van der Waals surface area (Å²) >= 11 is 0. The Bertz CT molecular complexity index is 828. The van der Waals surface area contributed by atoms with E-state index in [9.17, 15) is 14.0 Å². The molecule has 1 aliphatic heterocycles. The summed E-state index contributed by atoms with van der Waals surface area (Å²) in [6, 6.07) is 6.55. The molecule has 0 spiro atoms. The number of nitrogens with zero attached hydrogens (tertiary/aromatic N) is 2. The fourth-order valence-corrected chi connectivity index (χ4v) is 3.09. The van der Waals surface area contributed by atoms with Gasteiger partial charge in [-0.2, -0.15) is 5.10 Å². The molecule has 1 fully saturated rings. The van der Waals surface area contributed by atoms with Crippen LogP contribution in [0.5, 0.6) is 0 Å². The number of aromatic amines is 1. The van der Waals surface area contributed by atoms with Gasteiger partial charge < -0.3 is 10.2 Å². The van der Waals surface area contributed by atoms with E-state index in [1.807, 2.05) is 0 Å². The maximum absolute atomic E-state index is 13.8. The van der Waals surface area contributed by atoms with Crippen LogP contribution in [-0.2, 0) is 24.2 Å². The average Bonchev–Trinajstić information content (AvgIpc) is 3.32. The van der Waals surface area contributed by atoms with Gasteiger partial charge in [-0.25, -0.2) is 4.39 Å². The number of hydrogen-bond donors (Lipinski definition) is 2. The third kappa shape index (κ3) is 3.26. The Labute approximate surface area is 144 Å². The Hall–Kier alpha value is -2.70. The number of halogens is 1. The molecule has 1 aromatic carbocycles. The molecular formula is C18H19FN4O2. The molecular weight excluding hydrogens is 323 g/mol. The fraction of sp³-hybridized carbons (Fsp3) is 0.389. The predicted molar refractivity (Wildman–Crippen MR) is 88.3 cm³/mol. The van der Waals surface area contributed by atoms with Gasteiger partial charge in [0.15, 0.2) is 5.69 Å². The summed E-state index contributed by atoms with van der Waals surface area (Å²) in [4.78, 5) is 26.5. The van der Waals surface area contributed by atoms with Crippen molar-refractivity contribution in [2.75, 3.05) is 6.54 Å². The number of fused-ring (bicyclic) bond motifs is 1. The molecule has 0 atom stereocenters. The highest BCUT2D eigenvalue weighted by atomic mass is 19.1. The minimum Gasteiger partial charge on any atom is -0.348 e. The van der Waals surface area contributed by atoms with Gasteiger partial charge in [-0.3, -0.25) is 14.7 Å². The van der Waals surface area contributed by atoms with E-state index in [0.717, 1.165) is 24.1 Å². The summed E-state index contributed by atoms with van der Waals surface area (Å²) in [6.45, 7) is 0.860. The highest BCUT2D eigenvalue weighted by Gasteiger charge is 2.30. The lowest BCUT2D eigenvalue weighted by Gasteiger charge is -2.27. The number of benzene rings is 1. The molecule has 2 amide bonds. The van der Waals surface area contributed by atoms with E-state index in [-0.39, 0.29) is 30.1 Å². The van der Waals surface area contributed by atoms with Crippen molar-refractivity contribution in [3.63, 3.8) is 0 Å². The molecule has 0 unspecified atom stereocenters. The van der Waals surface area contributed by atoms with E-state index >= 15 is 0 Å². The molecule has 0 saturated heterocycles. The third-order valence-corrected chi connectivity index (χ3v) is 4.71. The summed E-state index contributed by atoms with van der Waals surface area (Å²) in [5.74, 6) is -0.713. The number of carbonyl (C=O) groups excluding carboxylic acids is 2. The van der Waals surface area contributed by atoms with Crippen LogP contribution >= 0.6 is 0 Å². The Kier molecular flexibility index (Phi) is 3.99. The van der Waals surface area contributed by atoms with Gasteiger partial charge in [0, 0.05) is 36.8 Å². The van der Waals surface area contributed by atoms with Crippen LogP contribution in [0.1, 0.15) is 40.2 Å². The highest BCUT2D eigenvalue weighted by molar-refractivity contribution is 5.94. The largest absolute Gasteiger partial charge is 0.348 e. The van der Waals surface area contributed by atoms with Crippen molar-refractivity contribution in [3.8, 4) is 0 Å². The van der Waals surface area contributed by atoms with Gasteiger partial charge in [-0.05, 0) is 24.5 Å². The SMILES string of the molecule is O=C(NC1CC1)c1n[nH]c2c1CN(C(=O)Cc1ccccc1F)CC2. The van der Waals surface area contributed by atoms with Gasteiger partial charge >= 0.3 is 0 Å². The molecule has 6 nitrogen and oxygen atoms in total. The topological polar surface area (TPSA) is 78.1 Å². The maximum atomic E-state index is 13.8. The van der Waals surface area contributed by atoms with E-state index in [4.69, 9.17) is 0 Å². The molecule has 1 aliphatic carbocycles. The number of carbonyl (C=O) groups is 2. The summed E-state index contributed by atoms with van der Waals surface area (Å²) in [5, 5.41) is 9.97. The van der Waals surface area contributed by atoms with E-state index in [2.05, 4.69) is 15.5 Å².